The van der Waals surface area contributed by atoms with Crippen LogP contribution in [-0.4, -0.2) is 10.5 Å². The smallest absolute Gasteiger partial charge is 0.248 e. The van der Waals surface area contributed by atoms with E-state index in [9.17, 15) is 4.79 Å². The first-order chi connectivity index (χ1) is 11.7. The minimum Gasteiger partial charge on any atom is -0.316 e. The monoisotopic (exact) mass is 358 g/mol. The molecule has 3 rings (SSSR count). The van der Waals surface area contributed by atoms with Crippen molar-refractivity contribution in [2.45, 2.75) is 32.7 Å². The lowest BCUT2D eigenvalue weighted by Gasteiger charge is -2.02. The van der Waals surface area contributed by atoms with Crippen LogP contribution >= 0.6 is 22.9 Å². The number of nitrogens with zero attached hydrogens (tertiary/aromatic N) is 2. The molecule has 0 aliphatic rings. The summed E-state index contributed by atoms with van der Waals surface area (Å²) in [5.74, 6) is -0.0821. The van der Waals surface area contributed by atoms with E-state index < -0.39 is 0 Å². The molecule has 0 atom stereocenters. The standard InChI is InChI=1S/C19H19ClN2OS/c1-2-12-22-16-10-9-15(20)13-17(16)24-19(22)21-18(23)11-8-14-6-4-3-5-7-14/h3-7,9-10,13H,2,8,11-12H2,1H3. The average Bonchev–Trinajstić information content (AvgIpc) is 2.91. The van der Waals surface area contributed by atoms with Crippen molar-refractivity contribution >= 4 is 39.1 Å². The number of hydrogen-bond acceptors (Lipinski definition) is 2. The zero-order valence-electron chi connectivity index (χ0n) is 13.5. The van der Waals surface area contributed by atoms with Gasteiger partial charge in [0.05, 0.1) is 10.2 Å². The molecule has 0 unspecified atom stereocenters. The van der Waals surface area contributed by atoms with E-state index in [1.54, 1.807) is 0 Å². The van der Waals surface area contributed by atoms with E-state index in [1.165, 1.54) is 11.3 Å². The number of aryl methyl sites for hydroxylation is 2. The fraction of sp³-hybridized carbons (Fsp3) is 0.263. The van der Waals surface area contributed by atoms with Crippen molar-refractivity contribution in [3.63, 3.8) is 0 Å². The van der Waals surface area contributed by atoms with Gasteiger partial charge >= 0.3 is 0 Å². The topological polar surface area (TPSA) is 34.4 Å². The minimum absolute atomic E-state index is 0.0821. The van der Waals surface area contributed by atoms with Crippen LogP contribution in [0.2, 0.25) is 5.02 Å². The van der Waals surface area contributed by atoms with Gasteiger partial charge in [-0.25, -0.2) is 0 Å². The molecular formula is C19H19ClN2OS. The third-order valence-electron chi connectivity index (χ3n) is 3.78. The quantitative estimate of drug-likeness (QED) is 0.643. The molecule has 0 N–H and O–H groups in total. The van der Waals surface area contributed by atoms with Crippen molar-refractivity contribution in [1.29, 1.82) is 0 Å². The van der Waals surface area contributed by atoms with Crippen molar-refractivity contribution < 1.29 is 4.79 Å². The summed E-state index contributed by atoms with van der Waals surface area (Å²) in [5, 5.41) is 0.703. The molecule has 1 aromatic heterocycles. The Morgan fingerprint density at radius 1 is 1.21 bits per heavy atom. The van der Waals surface area contributed by atoms with Gasteiger partial charge in [-0.1, -0.05) is 60.2 Å². The molecular weight excluding hydrogens is 340 g/mol. The molecule has 2 aromatic carbocycles. The van der Waals surface area contributed by atoms with Gasteiger partial charge in [-0.15, -0.1) is 0 Å². The van der Waals surface area contributed by atoms with Crippen LogP contribution in [0.25, 0.3) is 10.2 Å². The van der Waals surface area contributed by atoms with E-state index in [-0.39, 0.29) is 5.91 Å². The van der Waals surface area contributed by atoms with Gasteiger partial charge in [0.25, 0.3) is 0 Å². The van der Waals surface area contributed by atoms with E-state index in [0.717, 1.165) is 33.5 Å². The third-order valence-corrected chi connectivity index (χ3v) is 5.06. The van der Waals surface area contributed by atoms with Crippen LogP contribution in [0.15, 0.2) is 53.5 Å². The second-order valence-electron chi connectivity index (χ2n) is 5.64. The Morgan fingerprint density at radius 2 is 2.00 bits per heavy atom. The van der Waals surface area contributed by atoms with Crippen LogP contribution in [0.5, 0.6) is 0 Å². The van der Waals surface area contributed by atoms with Gasteiger partial charge < -0.3 is 4.57 Å². The summed E-state index contributed by atoms with van der Waals surface area (Å²) in [4.78, 5) is 17.4. The Balaban J connectivity index is 1.88. The number of hydrogen-bond donors (Lipinski definition) is 0. The second kappa shape index (κ2) is 7.77. The summed E-state index contributed by atoms with van der Waals surface area (Å²) < 4.78 is 3.17. The van der Waals surface area contributed by atoms with Gasteiger partial charge in [-0.2, -0.15) is 4.99 Å². The predicted octanol–water partition coefficient (Wildman–Crippen LogP) is 4.83. The molecule has 0 saturated carbocycles. The van der Waals surface area contributed by atoms with Gasteiger partial charge in [0.1, 0.15) is 0 Å². The molecule has 0 radical (unpaired) electrons. The lowest BCUT2D eigenvalue weighted by molar-refractivity contribution is -0.118. The zero-order valence-corrected chi connectivity index (χ0v) is 15.1. The van der Waals surface area contributed by atoms with Gasteiger partial charge in [-0.05, 0) is 36.6 Å². The van der Waals surface area contributed by atoms with Crippen molar-refractivity contribution in [1.82, 2.24) is 4.57 Å². The summed E-state index contributed by atoms with van der Waals surface area (Å²) in [5.41, 5.74) is 2.24. The summed E-state index contributed by atoms with van der Waals surface area (Å²) in [6.07, 6.45) is 2.12. The maximum atomic E-state index is 12.3. The number of benzene rings is 2. The zero-order chi connectivity index (χ0) is 16.9. The predicted molar refractivity (Wildman–Crippen MR) is 100 cm³/mol. The van der Waals surface area contributed by atoms with Crippen molar-refractivity contribution in [2.24, 2.45) is 4.99 Å². The third kappa shape index (κ3) is 3.94. The van der Waals surface area contributed by atoms with Crippen molar-refractivity contribution in [3.8, 4) is 0 Å². The largest absolute Gasteiger partial charge is 0.316 e. The lowest BCUT2D eigenvalue weighted by atomic mass is 10.1. The lowest BCUT2D eigenvalue weighted by Crippen LogP contribution is -2.16. The molecule has 5 heteroatoms. The number of halogens is 1. The molecule has 0 saturated heterocycles. The van der Waals surface area contributed by atoms with Gasteiger partial charge in [0.2, 0.25) is 5.91 Å². The SMILES string of the molecule is CCCn1c(=NC(=O)CCc2ccccc2)sc2cc(Cl)ccc21. The van der Waals surface area contributed by atoms with Crippen LogP contribution in [0, 0.1) is 0 Å². The number of fused-ring (bicyclic) bond motifs is 1. The highest BCUT2D eigenvalue weighted by atomic mass is 35.5. The number of amides is 1. The molecule has 0 aliphatic carbocycles. The van der Waals surface area contributed by atoms with E-state index in [0.29, 0.717) is 17.9 Å². The molecule has 0 fully saturated rings. The van der Waals surface area contributed by atoms with E-state index in [2.05, 4.69) is 16.5 Å². The minimum atomic E-state index is -0.0821. The normalized spacial score (nSPS) is 12.0. The van der Waals surface area contributed by atoms with Crippen LogP contribution in [0.3, 0.4) is 0 Å². The van der Waals surface area contributed by atoms with E-state index in [1.807, 2.05) is 48.5 Å². The van der Waals surface area contributed by atoms with Crippen LogP contribution in [0.4, 0.5) is 0 Å². The number of carbonyl (C=O) groups excluding carboxylic acids is 1. The number of aromatic nitrogens is 1. The Kier molecular flexibility index (Phi) is 5.48. The maximum Gasteiger partial charge on any atom is 0.248 e. The first-order valence-corrected chi connectivity index (χ1v) is 9.27. The highest BCUT2D eigenvalue weighted by Gasteiger charge is 2.08. The number of rotatable bonds is 5. The first kappa shape index (κ1) is 16.9. The van der Waals surface area contributed by atoms with Crippen molar-refractivity contribution in [3.05, 3.63) is 63.9 Å². The van der Waals surface area contributed by atoms with Crippen LogP contribution in [0.1, 0.15) is 25.3 Å². The van der Waals surface area contributed by atoms with Gasteiger partial charge in [-0.3, -0.25) is 4.79 Å². The molecule has 0 spiro atoms. The Bertz CT molecular complexity index is 912. The van der Waals surface area contributed by atoms with Gasteiger partial charge in [0.15, 0.2) is 4.80 Å². The van der Waals surface area contributed by atoms with Crippen LogP contribution < -0.4 is 4.80 Å². The van der Waals surface area contributed by atoms with Gasteiger partial charge in [0, 0.05) is 18.0 Å². The second-order valence-corrected chi connectivity index (χ2v) is 7.08. The van der Waals surface area contributed by atoms with E-state index in [4.69, 9.17) is 11.6 Å². The fourth-order valence-electron chi connectivity index (χ4n) is 2.63. The highest BCUT2D eigenvalue weighted by molar-refractivity contribution is 7.16. The number of thiazole rings is 1. The summed E-state index contributed by atoms with van der Waals surface area (Å²) in [7, 11) is 0. The summed E-state index contributed by atoms with van der Waals surface area (Å²) in [6, 6.07) is 15.8. The molecule has 0 bridgehead atoms. The first-order valence-electron chi connectivity index (χ1n) is 8.07. The summed E-state index contributed by atoms with van der Waals surface area (Å²) in [6.45, 7) is 2.96. The Labute approximate surface area is 150 Å². The fourth-order valence-corrected chi connectivity index (χ4v) is 3.98. The maximum absolute atomic E-state index is 12.3. The highest BCUT2D eigenvalue weighted by Crippen LogP contribution is 2.22. The van der Waals surface area contributed by atoms with Crippen LogP contribution in [-0.2, 0) is 17.8 Å². The molecule has 24 heavy (non-hydrogen) atoms. The number of carbonyl (C=O) groups is 1. The summed E-state index contributed by atoms with van der Waals surface area (Å²) >= 11 is 7.60. The molecule has 1 heterocycles. The van der Waals surface area contributed by atoms with E-state index >= 15 is 0 Å². The molecule has 1 amide bonds. The Morgan fingerprint density at radius 3 is 2.75 bits per heavy atom. The average molecular weight is 359 g/mol. The Hall–Kier alpha value is -1.91. The molecule has 0 aliphatic heterocycles. The molecule has 3 aromatic rings. The van der Waals surface area contributed by atoms with Crippen molar-refractivity contribution in [2.75, 3.05) is 0 Å². The molecule has 3 nitrogen and oxygen atoms in total. The molecule has 124 valence electrons.